The van der Waals surface area contributed by atoms with Crippen LogP contribution in [0.1, 0.15) is 29.8 Å². The Balaban J connectivity index is 1.23. The van der Waals surface area contributed by atoms with Gasteiger partial charge in [0.05, 0.1) is 10.9 Å². The summed E-state index contributed by atoms with van der Waals surface area (Å²) in [6.07, 6.45) is 0.134. The largest absolute Gasteiger partial charge is 0.448 e. The molecule has 1 aromatic heterocycles. The minimum atomic E-state index is -0.354. The Morgan fingerprint density at radius 2 is 1.71 bits per heavy atom. The number of hydrogen-bond donors (Lipinski definition) is 0. The Kier molecular flexibility index (Phi) is 5.44. The molecule has 1 unspecified atom stereocenters. The number of hydrogen-bond acceptors (Lipinski definition) is 4. The van der Waals surface area contributed by atoms with Crippen molar-refractivity contribution in [3.8, 4) is 11.1 Å². The van der Waals surface area contributed by atoms with E-state index < -0.39 is 0 Å². The highest BCUT2D eigenvalue weighted by Crippen LogP contribution is 2.44. The molecule has 4 aromatic rings. The van der Waals surface area contributed by atoms with Gasteiger partial charge in [-0.05, 0) is 47.4 Å². The number of carbonyl (C=O) groups is 1. The van der Waals surface area contributed by atoms with E-state index in [1.54, 1.807) is 15.5 Å². The van der Waals surface area contributed by atoms with Gasteiger partial charge in [0.1, 0.15) is 12.4 Å². The van der Waals surface area contributed by atoms with Crippen LogP contribution in [0, 0.1) is 0 Å². The maximum Gasteiger partial charge on any atom is 0.410 e. The molecule has 0 spiro atoms. The fraction of sp³-hybridized carbons (Fsp3) is 0.250. The van der Waals surface area contributed by atoms with Crippen molar-refractivity contribution in [2.24, 2.45) is 0 Å². The number of fused-ring (bicyclic) bond motifs is 5. The molecule has 1 atom stereocenters. The van der Waals surface area contributed by atoms with Crippen LogP contribution in [0.25, 0.3) is 22.0 Å². The third-order valence-electron chi connectivity index (χ3n) is 7.14. The summed E-state index contributed by atoms with van der Waals surface area (Å²) in [5.74, 6) is 0.709. The van der Waals surface area contributed by atoms with Crippen molar-refractivity contribution < 1.29 is 9.53 Å². The van der Waals surface area contributed by atoms with Crippen LogP contribution in [0.15, 0.2) is 76.0 Å². The van der Waals surface area contributed by atoms with Gasteiger partial charge < -0.3 is 9.64 Å². The van der Waals surface area contributed by atoms with Gasteiger partial charge in [-0.1, -0.05) is 64.5 Å². The summed E-state index contributed by atoms with van der Waals surface area (Å²) in [5.41, 5.74) is 5.37. The Morgan fingerprint density at radius 1 is 1.03 bits per heavy atom. The standard InChI is InChI=1S/C28H24BrN3O3/c1-17-14-26-30-25-15-18(29)10-11-23(25)27(33)32(26)13-12-31(17)28(34)35-16-24-21-8-4-2-6-19(21)20-7-3-5-9-22(20)24/h2-11,15,17,24H,12-14,16H2,1H3. The second kappa shape index (κ2) is 8.64. The fourth-order valence-electron chi connectivity index (χ4n) is 5.38. The lowest BCUT2D eigenvalue weighted by molar-refractivity contribution is 0.0873. The van der Waals surface area contributed by atoms with Crippen molar-refractivity contribution in [1.29, 1.82) is 0 Å². The quantitative estimate of drug-likeness (QED) is 0.351. The van der Waals surface area contributed by atoms with Crippen LogP contribution in [-0.4, -0.2) is 39.7 Å². The van der Waals surface area contributed by atoms with E-state index in [0.717, 1.165) is 4.47 Å². The van der Waals surface area contributed by atoms with Gasteiger partial charge in [0.15, 0.2) is 0 Å². The normalized spacial score (nSPS) is 17.0. The molecule has 0 saturated heterocycles. The Labute approximate surface area is 211 Å². The Hall–Kier alpha value is -3.45. The molecule has 35 heavy (non-hydrogen) atoms. The average Bonchev–Trinajstić information content (AvgIpc) is 3.07. The summed E-state index contributed by atoms with van der Waals surface area (Å²) in [4.78, 5) is 32.9. The van der Waals surface area contributed by atoms with E-state index in [0.29, 0.717) is 36.2 Å². The first-order valence-electron chi connectivity index (χ1n) is 11.8. The molecule has 2 aliphatic rings. The predicted molar refractivity (Wildman–Crippen MR) is 139 cm³/mol. The third-order valence-corrected chi connectivity index (χ3v) is 7.63. The van der Waals surface area contributed by atoms with Crippen molar-refractivity contribution in [3.05, 3.63) is 98.5 Å². The molecule has 7 heteroatoms. The topological polar surface area (TPSA) is 64.4 Å². The van der Waals surface area contributed by atoms with Crippen LogP contribution < -0.4 is 5.56 Å². The van der Waals surface area contributed by atoms with Crippen molar-refractivity contribution in [3.63, 3.8) is 0 Å². The molecule has 0 fully saturated rings. The first kappa shape index (κ1) is 22.0. The first-order valence-corrected chi connectivity index (χ1v) is 12.6. The lowest BCUT2D eigenvalue weighted by atomic mass is 9.98. The van der Waals surface area contributed by atoms with Gasteiger partial charge in [-0.15, -0.1) is 0 Å². The number of ether oxygens (including phenoxy) is 1. The summed E-state index contributed by atoms with van der Waals surface area (Å²) in [6.45, 7) is 3.05. The summed E-state index contributed by atoms with van der Waals surface area (Å²) in [5, 5.41) is 0.583. The molecule has 1 aliphatic carbocycles. The van der Waals surface area contributed by atoms with E-state index in [4.69, 9.17) is 9.72 Å². The number of amides is 1. The van der Waals surface area contributed by atoms with Gasteiger partial charge >= 0.3 is 6.09 Å². The zero-order valence-corrected chi connectivity index (χ0v) is 20.9. The molecule has 0 radical (unpaired) electrons. The van der Waals surface area contributed by atoms with E-state index in [-0.39, 0.29) is 30.2 Å². The molecule has 2 heterocycles. The second-order valence-electron chi connectivity index (χ2n) is 9.20. The van der Waals surface area contributed by atoms with Crippen LogP contribution in [0.2, 0.25) is 0 Å². The monoisotopic (exact) mass is 529 g/mol. The minimum absolute atomic E-state index is 0.0128. The van der Waals surface area contributed by atoms with E-state index in [2.05, 4.69) is 40.2 Å². The van der Waals surface area contributed by atoms with Gasteiger partial charge in [0.25, 0.3) is 5.56 Å². The highest BCUT2D eigenvalue weighted by atomic mass is 79.9. The highest BCUT2D eigenvalue weighted by molar-refractivity contribution is 9.10. The predicted octanol–water partition coefficient (Wildman–Crippen LogP) is 5.35. The van der Waals surface area contributed by atoms with Gasteiger partial charge in [0.2, 0.25) is 0 Å². The van der Waals surface area contributed by atoms with Crippen molar-refractivity contribution >= 4 is 32.9 Å². The van der Waals surface area contributed by atoms with Gasteiger partial charge in [-0.3, -0.25) is 9.36 Å². The molecule has 0 saturated carbocycles. The van der Waals surface area contributed by atoms with Crippen molar-refractivity contribution in [1.82, 2.24) is 14.5 Å². The lowest BCUT2D eigenvalue weighted by Crippen LogP contribution is -2.41. The molecular weight excluding hydrogens is 506 g/mol. The van der Waals surface area contributed by atoms with Gasteiger partial charge in [-0.2, -0.15) is 0 Å². The zero-order valence-electron chi connectivity index (χ0n) is 19.3. The van der Waals surface area contributed by atoms with Gasteiger partial charge in [-0.25, -0.2) is 9.78 Å². The van der Waals surface area contributed by atoms with Crippen molar-refractivity contribution in [2.45, 2.75) is 31.8 Å². The number of nitrogens with zero attached hydrogens (tertiary/aromatic N) is 3. The van der Waals surface area contributed by atoms with E-state index in [1.165, 1.54) is 22.3 Å². The van der Waals surface area contributed by atoms with E-state index >= 15 is 0 Å². The molecule has 0 N–H and O–H groups in total. The molecule has 0 bridgehead atoms. The molecule has 1 aliphatic heterocycles. The van der Waals surface area contributed by atoms with Crippen LogP contribution in [-0.2, 0) is 17.7 Å². The summed E-state index contributed by atoms with van der Waals surface area (Å²) in [6, 6.07) is 22.0. The number of aromatic nitrogens is 2. The van der Waals surface area contributed by atoms with Crippen LogP contribution >= 0.6 is 15.9 Å². The summed E-state index contributed by atoms with van der Waals surface area (Å²) in [7, 11) is 0. The molecule has 176 valence electrons. The lowest BCUT2D eigenvalue weighted by Gasteiger charge is -2.26. The smallest absolute Gasteiger partial charge is 0.410 e. The average molecular weight is 530 g/mol. The van der Waals surface area contributed by atoms with Gasteiger partial charge in [0, 0.05) is 35.9 Å². The highest BCUT2D eigenvalue weighted by Gasteiger charge is 2.32. The van der Waals surface area contributed by atoms with Crippen LogP contribution in [0.3, 0.4) is 0 Å². The number of benzene rings is 3. The molecule has 1 amide bonds. The third kappa shape index (κ3) is 3.74. The summed E-state index contributed by atoms with van der Waals surface area (Å²) < 4.78 is 8.48. The van der Waals surface area contributed by atoms with Crippen LogP contribution in [0.5, 0.6) is 0 Å². The minimum Gasteiger partial charge on any atom is -0.448 e. The molecule has 6 rings (SSSR count). The Bertz CT molecular complexity index is 1480. The Morgan fingerprint density at radius 3 is 2.43 bits per heavy atom. The van der Waals surface area contributed by atoms with Crippen LogP contribution in [0.4, 0.5) is 4.79 Å². The number of carbonyl (C=O) groups excluding carboxylic acids is 1. The second-order valence-corrected chi connectivity index (χ2v) is 10.1. The molecular formula is C28H24BrN3O3. The maximum atomic E-state index is 13.2. The summed E-state index contributed by atoms with van der Waals surface area (Å²) >= 11 is 3.46. The molecule has 6 nitrogen and oxygen atoms in total. The zero-order chi connectivity index (χ0) is 24.1. The van der Waals surface area contributed by atoms with E-state index in [1.807, 2.05) is 43.3 Å². The maximum absolute atomic E-state index is 13.2. The molecule has 3 aromatic carbocycles. The fourth-order valence-corrected chi connectivity index (χ4v) is 5.73. The first-order chi connectivity index (χ1) is 17.0. The van der Waals surface area contributed by atoms with E-state index in [9.17, 15) is 9.59 Å². The van der Waals surface area contributed by atoms with Crippen molar-refractivity contribution in [2.75, 3.05) is 13.2 Å². The SMILES string of the molecule is CC1Cc2nc3cc(Br)ccc3c(=O)n2CCN1C(=O)OCC1c2ccccc2-c2ccccc21. The number of halogens is 1. The number of rotatable bonds is 2.